The highest BCUT2D eigenvalue weighted by atomic mass is 19.1. The Hall–Kier alpha value is -4.10. The van der Waals surface area contributed by atoms with Crippen molar-refractivity contribution in [3.05, 3.63) is 112 Å². The molecule has 7 heteroatoms. The Morgan fingerprint density at radius 2 is 1.64 bits per heavy atom. The third-order valence-corrected chi connectivity index (χ3v) is 6.12. The number of fused-ring (bicyclic) bond motifs is 8. The van der Waals surface area contributed by atoms with Crippen molar-refractivity contribution >= 4 is 17.4 Å². The molecule has 2 bridgehead atoms. The van der Waals surface area contributed by atoms with Crippen molar-refractivity contribution < 1.29 is 18.3 Å². The van der Waals surface area contributed by atoms with E-state index in [1.165, 1.54) is 18.3 Å². The summed E-state index contributed by atoms with van der Waals surface area (Å²) in [4.78, 5) is 16.7. The fraction of sp³-hybridized carbons (Fsp3) is 0.0769. The number of rotatable bonds is 3. The minimum Gasteiger partial charge on any atom is -0.384 e. The van der Waals surface area contributed by atoms with Crippen molar-refractivity contribution in [1.82, 2.24) is 4.98 Å². The largest absolute Gasteiger partial charge is 0.384 e. The maximum Gasteiger partial charge on any atom is 0.255 e. The van der Waals surface area contributed by atoms with Crippen LogP contribution in [0.25, 0.3) is 11.1 Å². The molecule has 0 saturated heterocycles. The summed E-state index contributed by atoms with van der Waals surface area (Å²) in [6, 6.07) is 17.9. The van der Waals surface area contributed by atoms with Gasteiger partial charge in [0.2, 0.25) is 0 Å². The van der Waals surface area contributed by atoms with Crippen LogP contribution < -0.4 is 11.1 Å². The van der Waals surface area contributed by atoms with Gasteiger partial charge in [0.25, 0.3) is 5.91 Å². The summed E-state index contributed by atoms with van der Waals surface area (Å²) in [7, 11) is 0. The molecule has 162 valence electrons. The number of aromatic nitrogens is 1. The number of carbonyl (C=O) groups is 1. The molecule has 2 atom stereocenters. The van der Waals surface area contributed by atoms with E-state index in [9.17, 15) is 13.6 Å². The summed E-state index contributed by atoms with van der Waals surface area (Å²) in [6.07, 6.45) is 0.941. The summed E-state index contributed by atoms with van der Waals surface area (Å²) in [5.41, 5.74) is 11.6. The van der Waals surface area contributed by atoms with Gasteiger partial charge in [0.05, 0.1) is 0 Å². The van der Waals surface area contributed by atoms with E-state index in [-0.39, 0.29) is 18.1 Å². The maximum absolute atomic E-state index is 14.3. The number of nitrogens with zero attached hydrogens (tertiary/aromatic N) is 1. The number of halogens is 2. The zero-order valence-electron chi connectivity index (χ0n) is 17.2. The number of hydrogen-bond donors (Lipinski definition) is 2. The van der Waals surface area contributed by atoms with Gasteiger partial charge in [-0.05, 0) is 64.2 Å². The van der Waals surface area contributed by atoms with E-state index in [4.69, 9.17) is 10.5 Å². The van der Waals surface area contributed by atoms with Gasteiger partial charge < -0.3 is 15.8 Å². The standard InChI is InChI=1S/C26H17F2N3O2/c27-15-3-6-17(22(28)11-15)13-1-4-18-20(9-13)25-21-10-14(2-5-19(21)24(18)33-25)26(32)31-16-7-8-30-23(29)12-16/h1-12,24-25H,(H3,29,30,31,32)/t24-,25+/m0/s1. The molecule has 6 rings (SSSR count). The lowest BCUT2D eigenvalue weighted by molar-refractivity contribution is 0.0857. The molecule has 0 fully saturated rings. The van der Waals surface area contributed by atoms with Gasteiger partial charge in [0, 0.05) is 35.1 Å². The van der Waals surface area contributed by atoms with Crippen LogP contribution in [0.3, 0.4) is 0 Å². The summed E-state index contributed by atoms with van der Waals surface area (Å²) < 4.78 is 33.9. The first-order valence-electron chi connectivity index (χ1n) is 10.4. The van der Waals surface area contributed by atoms with Crippen molar-refractivity contribution in [3.63, 3.8) is 0 Å². The molecule has 4 aromatic rings. The van der Waals surface area contributed by atoms with Crippen molar-refractivity contribution in [3.8, 4) is 11.1 Å². The fourth-order valence-corrected chi connectivity index (χ4v) is 4.61. The molecular weight excluding hydrogens is 424 g/mol. The Labute approximate surface area is 187 Å². The van der Waals surface area contributed by atoms with Crippen LogP contribution in [0, 0.1) is 11.6 Å². The number of benzene rings is 3. The number of nitrogen functional groups attached to an aromatic ring is 1. The first-order chi connectivity index (χ1) is 16.0. The molecular formula is C26H17F2N3O2. The zero-order chi connectivity index (χ0) is 22.7. The molecule has 1 aromatic heterocycles. The Kier molecular flexibility index (Phi) is 4.28. The van der Waals surface area contributed by atoms with Gasteiger partial charge in [-0.1, -0.05) is 18.2 Å². The van der Waals surface area contributed by atoms with Crippen LogP contribution in [0.15, 0.2) is 72.9 Å². The molecule has 2 aliphatic heterocycles. The topological polar surface area (TPSA) is 77.2 Å². The van der Waals surface area contributed by atoms with Crippen molar-refractivity contribution in [1.29, 1.82) is 0 Å². The first kappa shape index (κ1) is 19.6. The second-order valence-corrected chi connectivity index (χ2v) is 8.13. The number of hydrogen-bond acceptors (Lipinski definition) is 4. The minimum atomic E-state index is -0.617. The number of anilines is 2. The lowest BCUT2D eigenvalue weighted by atomic mass is 9.83. The second-order valence-electron chi connectivity index (χ2n) is 8.13. The van der Waals surface area contributed by atoms with Crippen LogP contribution in [0.1, 0.15) is 44.8 Å². The molecule has 5 nitrogen and oxygen atoms in total. The molecule has 0 saturated carbocycles. The molecule has 3 aromatic carbocycles. The van der Waals surface area contributed by atoms with Gasteiger partial charge in [-0.25, -0.2) is 13.8 Å². The third-order valence-electron chi connectivity index (χ3n) is 6.12. The molecule has 1 amide bonds. The first-order valence-corrected chi connectivity index (χ1v) is 10.4. The normalized spacial score (nSPS) is 17.5. The molecule has 0 unspecified atom stereocenters. The maximum atomic E-state index is 14.3. The van der Waals surface area contributed by atoms with Gasteiger partial charge in [-0.3, -0.25) is 4.79 Å². The highest BCUT2D eigenvalue weighted by Gasteiger charge is 2.43. The van der Waals surface area contributed by atoms with Gasteiger partial charge in [0.15, 0.2) is 0 Å². The predicted molar refractivity (Wildman–Crippen MR) is 120 cm³/mol. The molecule has 33 heavy (non-hydrogen) atoms. The molecule has 3 N–H and O–H groups in total. The van der Waals surface area contributed by atoms with Crippen LogP contribution >= 0.6 is 0 Å². The molecule has 0 aliphatic carbocycles. The Morgan fingerprint density at radius 3 is 2.42 bits per heavy atom. The van der Waals surface area contributed by atoms with Crippen molar-refractivity contribution in [2.75, 3.05) is 11.1 Å². The van der Waals surface area contributed by atoms with E-state index in [1.54, 1.807) is 18.2 Å². The van der Waals surface area contributed by atoms with Crippen LogP contribution in [0.4, 0.5) is 20.3 Å². The zero-order valence-corrected chi connectivity index (χ0v) is 17.2. The van der Waals surface area contributed by atoms with Gasteiger partial charge in [-0.15, -0.1) is 0 Å². The molecule has 0 spiro atoms. The highest BCUT2D eigenvalue weighted by Crippen LogP contribution is 2.54. The van der Waals surface area contributed by atoms with Gasteiger partial charge in [-0.2, -0.15) is 0 Å². The quantitative estimate of drug-likeness (QED) is 0.447. The molecule has 3 heterocycles. The Morgan fingerprint density at radius 1 is 0.879 bits per heavy atom. The summed E-state index contributed by atoms with van der Waals surface area (Å²) >= 11 is 0. The third kappa shape index (κ3) is 3.16. The molecule has 0 radical (unpaired) electrons. The number of pyridine rings is 1. The number of nitrogens with one attached hydrogen (secondary N) is 1. The van der Waals surface area contributed by atoms with Gasteiger partial charge >= 0.3 is 0 Å². The fourth-order valence-electron chi connectivity index (χ4n) is 4.61. The van der Waals surface area contributed by atoms with Crippen LogP contribution in [0.2, 0.25) is 0 Å². The van der Waals surface area contributed by atoms with Crippen LogP contribution in [-0.2, 0) is 4.74 Å². The van der Waals surface area contributed by atoms with E-state index in [0.717, 1.165) is 28.3 Å². The number of nitrogens with two attached hydrogens (primary N) is 1. The average Bonchev–Trinajstić information content (AvgIpc) is 3.36. The van der Waals surface area contributed by atoms with E-state index in [2.05, 4.69) is 10.3 Å². The van der Waals surface area contributed by atoms with Gasteiger partial charge in [0.1, 0.15) is 29.7 Å². The lowest BCUT2D eigenvalue weighted by Crippen LogP contribution is -2.13. The number of amides is 1. The molecule has 2 aliphatic rings. The van der Waals surface area contributed by atoms with E-state index >= 15 is 0 Å². The monoisotopic (exact) mass is 441 g/mol. The summed E-state index contributed by atoms with van der Waals surface area (Å²) in [6.45, 7) is 0. The number of carbonyl (C=O) groups excluding carboxylic acids is 1. The summed E-state index contributed by atoms with van der Waals surface area (Å²) in [5.74, 6) is -1.19. The minimum absolute atomic E-state index is 0.232. The van der Waals surface area contributed by atoms with E-state index in [0.29, 0.717) is 28.2 Å². The second kappa shape index (κ2) is 7.21. The van der Waals surface area contributed by atoms with Crippen LogP contribution in [0.5, 0.6) is 0 Å². The van der Waals surface area contributed by atoms with Crippen LogP contribution in [-0.4, -0.2) is 10.9 Å². The summed E-state index contributed by atoms with van der Waals surface area (Å²) in [5, 5.41) is 2.82. The Balaban J connectivity index is 1.33. The number of ether oxygens (including phenoxy) is 1. The van der Waals surface area contributed by atoms with E-state index < -0.39 is 11.6 Å². The lowest BCUT2D eigenvalue weighted by Gasteiger charge is -2.18. The highest BCUT2D eigenvalue weighted by molar-refractivity contribution is 6.04. The average molecular weight is 441 g/mol. The van der Waals surface area contributed by atoms with E-state index in [1.807, 2.05) is 30.3 Å². The van der Waals surface area contributed by atoms with Crippen molar-refractivity contribution in [2.24, 2.45) is 0 Å². The Bertz CT molecular complexity index is 1450. The SMILES string of the molecule is Nc1cc(NC(=O)c2ccc3c(c2)[C@@H]2O[C@H]3c3ccc(-c4ccc(F)cc4F)cc32)ccn1. The predicted octanol–water partition coefficient (Wildman–Crippen LogP) is 5.38. The smallest absolute Gasteiger partial charge is 0.255 e. The van der Waals surface area contributed by atoms with Crippen molar-refractivity contribution in [2.45, 2.75) is 12.2 Å².